The number of benzene rings is 1. The number of rotatable bonds is 6. The van der Waals surface area contributed by atoms with Gasteiger partial charge in [0.1, 0.15) is 17.3 Å². The van der Waals surface area contributed by atoms with Crippen LogP contribution in [-0.2, 0) is 14.6 Å². The molecule has 6 nitrogen and oxygen atoms in total. The van der Waals surface area contributed by atoms with Crippen LogP contribution >= 0.6 is 0 Å². The molecule has 1 N–H and O–H groups in total. The third kappa shape index (κ3) is 3.68. The molecule has 0 spiro atoms. The van der Waals surface area contributed by atoms with Crippen molar-refractivity contribution in [1.82, 2.24) is 0 Å². The number of hydrogen-bond acceptors (Lipinski definition) is 5. The molecule has 7 heteroatoms. The maximum absolute atomic E-state index is 11.7. The molecule has 0 aliphatic heterocycles. The minimum absolute atomic E-state index is 0.0137. The SMILES string of the molecule is COCCOc1c(S(C)(=O)=O)ccc(C(=O)O)c1C. The van der Waals surface area contributed by atoms with Crippen LogP contribution in [0.5, 0.6) is 5.75 Å². The van der Waals surface area contributed by atoms with E-state index < -0.39 is 15.8 Å². The molecule has 0 heterocycles. The van der Waals surface area contributed by atoms with E-state index in [0.717, 1.165) is 6.26 Å². The molecule has 0 unspecified atom stereocenters. The van der Waals surface area contributed by atoms with Crippen LogP contribution in [0.2, 0.25) is 0 Å². The van der Waals surface area contributed by atoms with E-state index in [-0.39, 0.29) is 35.0 Å². The lowest BCUT2D eigenvalue weighted by atomic mass is 10.1. The highest BCUT2D eigenvalue weighted by molar-refractivity contribution is 7.90. The van der Waals surface area contributed by atoms with Gasteiger partial charge in [0.05, 0.1) is 12.2 Å². The second-order valence-corrected chi connectivity index (χ2v) is 5.97. The third-order valence-electron chi connectivity index (χ3n) is 2.53. The molecule has 106 valence electrons. The molecule has 0 amide bonds. The van der Waals surface area contributed by atoms with Crippen molar-refractivity contribution in [1.29, 1.82) is 0 Å². The van der Waals surface area contributed by atoms with Crippen LogP contribution in [0, 0.1) is 6.92 Å². The Labute approximate surface area is 111 Å². The Hall–Kier alpha value is -1.60. The van der Waals surface area contributed by atoms with Gasteiger partial charge in [-0.05, 0) is 19.1 Å². The summed E-state index contributed by atoms with van der Waals surface area (Å²) in [5, 5.41) is 9.03. The van der Waals surface area contributed by atoms with Crippen LogP contribution in [0.4, 0.5) is 0 Å². The van der Waals surface area contributed by atoms with Crippen molar-refractivity contribution < 1.29 is 27.8 Å². The van der Waals surface area contributed by atoms with Crippen LogP contribution in [0.1, 0.15) is 15.9 Å². The zero-order valence-corrected chi connectivity index (χ0v) is 11.8. The Bertz CT molecular complexity index is 576. The highest BCUT2D eigenvalue weighted by Crippen LogP contribution is 2.30. The van der Waals surface area contributed by atoms with Gasteiger partial charge in [0.2, 0.25) is 0 Å². The molecule has 19 heavy (non-hydrogen) atoms. The zero-order valence-electron chi connectivity index (χ0n) is 11.0. The van der Waals surface area contributed by atoms with Crippen molar-refractivity contribution in [2.45, 2.75) is 11.8 Å². The van der Waals surface area contributed by atoms with Crippen LogP contribution in [-0.4, -0.2) is 46.1 Å². The first-order chi connectivity index (χ1) is 8.79. The maximum Gasteiger partial charge on any atom is 0.336 e. The summed E-state index contributed by atoms with van der Waals surface area (Å²) >= 11 is 0. The van der Waals surface area contributed by atoms with E-state index in [0.29, 0.717) is 0 Å². The average molecular weight is 288 g/mol. The lowest BCUT2D eigenvalue weighted by molar-refractivity contribution is 0.0695. The molecule has 0 saturated heterocycles. The van der Waals surface area contributed by atoms with E-state index in [9.17, 15) is 13.2 Å². The largest absolute Gasteiger partial charge is 0.490 e. The van der Waals surface area contributed by atoms with Gasteiger partial charge >= 0.3 is 5.97 Å². The topological polar surface area (TPSA) is 89.9 Å². The van der Waals surface area contributed by atoms with E-state index in [4.69, 9.17) is 14.6 Å². The first kappa shape index (κ1) is 15.5. The standard InChI is InChI=1S/C12H16O6S/c1-8-9(12(13)14)4-5-10(19(3,15)16)11(8)18-7-6-17-2/h4-5H,6-7H2,1-3H3,(H,13,14). The Morgan fingerprint density at radius 1 is 1.32 bits per heavy atom. The molecule has 0 saturated carbocycles. The highest BCUT2D eigenvalue weighted by Gasteiger charge is 2.21. The summed E-state index contributed by atoms with van der Waals surface area (Å²) < 4.78 is 33.5. The molecule has 0 fully saturated rings. The number of carbonyl (C=O) groups is 1. The Balaban J connectivity index is 3.34. The molecule has 0 radical (unpaired) electrons. The fourth-order valence-electron chi connectivity index (χ4n) is 1.60. The summed E-state index contributed by atoms with van der Waals surface area (Å²) in [6.07, 6.45) is 1.05. The van der Waals surface area contributed by atoms with Gasteiger partial charge in [-0.3, -0.25) is 0 Å². The monoisotopic (exact) mass is 288 g/mol. The van der Waals surface area contributed by atoms with E-state index in [2.05, 4.69) is 0 Å². The van der Waals surface area contributed by atoms with Gasteiger partial charge in [-0.1, -0.05) is 0 Å². The molecule has 0 aliphatic rings. The van der Waals surface area contributed by atoms with Crippen molar-refractivity contribution in [3.05, 3.63) is 23.3 Å². The summed E-state index contributed by atoms with van der Waals surface area (Å²) in [5.41, 5.74) is 0.298. The number of methoxy groups -OCH3 is 1. The van der Waals surface area contributed by atoms with Crippen molar-refractivity contribution in [2.24, 2.45) is 0 Å². The molecule has 1 aromatic rings. The highest BCUT2D eigenvalue weighted by atomic mass is 32.2. The number of carboxylic acids is 1. The number of carboxylic acid groups (broad SMARTS) is 1. The van der Waals surface area contributed by atoms with Crippen molar-refractivity contribution >= 4 is 15.8 Å². The van der Waals surface area contributed by atoms with Gasteiger partial charge in [-0.2, -0.15) is 0 Å². The molecule has 0 aliphatic carbocycles. The minimum Gasteiger partial charge on any atom is -0.490 e. The Kier molecular flexibility index (Phi) is 4.90. The average Bonchev–Trinajstić information content (AvgIpc) is 2.29. The summed E-state index contributed by atoms with van der Waals surface area (Å²) in [6, 6.07) is 2.51. The van der Waals surface area contributed by atoms with Gasteiger partial charge in [0, 0.05) is 18.9 Å². The lowest BCUT2D eigenvalue weighted by Crippen LogP contribution is -2.11. The second-order valence-electron chi connectivity index (χ2n) is 3.98. The summed E-state index contributed by atoms with van der Waals surface area (Å²) in [4.78, 5) is 11.0. The zero-order chi connectivity index (χ0) is 14.6. The first-order valence-electron chi connectivity index (χ1n) is 5.47. The van der Waals surface area contributed by atoms with Crippen molar-refractivity contribution in [3.63, 3.8) is 0 Å². The Morgan fingerprint density at radius 3 is 2.42 bits per heavy atom. The molecule has 0 atom stereocenters. The van der Waals surface area contributed by atoms with E-state index in [1.807, 2.05) is 0 Å². The third-order valence-corrected chi connectivity index (χ3v) is 3.65. The second kappa shape index (κ2) is 6.03. The van der Waals surface area contributed by atoms with Crippen LogP contribution in [0.3, 0.4) is 0 Å². The van der Waals surface area contributed by atoms with Crippen molar-refractivity contribution in [3.8, 4) is 5.75 Å². The van der Waals surface area contributed by atoms with Crippen LogP contribution < -0.4 is 4.74 Å². The molecule has 1 aromatic carbocycles. The smallest absolute Gasteiger partial charge is 0.336 e. The molecular formula is C12H16O6S. The van der Waals surface area contributed by atoms with E-state index in [1.165, 1.54) is 26.2 Å². The van der Waals surface area contributed by atoms with Gasteiger partial charge < -0.3 is 14.6 Å². The first-order valence-corrected chi connectivity index (χ1v) is 7.37. The lowest BCUT2D eigenvalue weighted by Gasteiger charge is -2.14. The number of hydrogen-bond donors (Lipinski definition) is 1. The summed E-state index contributed by atoms with van der Waals surface area (Å²) in [5.74, 6) is -1.06. The van der Waals surface area contributed by atoms with Gasteiger partial charge in [-0.25, -0.2) is 13.2 Å². The Morgan fingerprint density at radius 2 is 1.95 bits per heavy atom. The maximum atomic E-state index is 11.7. The fourth-order valence-corrected chi connectivity index (χ4v) is 2.46. The fraction of sp³-hybridized carbons (Fsp3) is 0.417. The molecular weight excluding hydrogens is 272 g/mol. The quantitative estimate of drug-likeness (QED) is 0.789. The predicted molar refractivity (Wildman–Crippen MR) is 68.6 cm³/mol. The van der Waals surface area contributed by atoms with Crippen molar-refractivity contribution in [2.75, 3.05) is 26.6 Å². The predicted octanol–water partition coefficient (Wildman–Crippen LogP) is 1.12. The van der Waals surface area contributed by atoms with Crippen LogP contribution in [0.25, 0.3) is 0 Å². The summed E-state index contributed by atoms with van der Waals surface area (Å²) in [7, 11) is -2.01. The van der Waals surface area contributed by atoms with Gasteiger partial charge in [0.15, 0.2) is 9.84 Å². The number of aromatic carboxylic acids is 1. The summed E-state index contributed by atoms with van der Waals surface area (Å²) in [6.45, 7) is 1.93. The normalized spacial score (nSPS) is 11.3. The number of sulfone groups is 1. The van der Waals surface area contributed by atoms with Gasteiger partial charge in [0.25, 0.3) is 0 Å². The van der Waals surface area contributed by atoms with E-state index in [1.54, 1.807) is 0 Å². The van der Waals surface area contributed by atoms with Crippen LogP contribution in [0.15, 0.2) is 17.0 Å². The van der Waals surface area contributed by atoms with Gasteiger partial charge in [-0.15, -0.1) is 0 Å². The number of ether oxygens (including phenoxy) is 2. The van der Waals surface area contributed by atoms with E-state index >= 15 is 0 Å². The molecule has 0 bridgehead atoms. The molecule has 1 rings (SSSR count). The molecule has 0 aromatic heterocycles. The minimum atomic E-state index is -3.49.